The van der Waals surface area contributed by atoms with Gasteiger partial charge in [0.1, 0.15) is 11.9 Å². The lowest BCUT2D eigenvalue weighted by Crippen LogP contribution is -2.56. The van der Waals surface area contributed by atoms with E-state index in [1.807, 2.05) is 0 Å². The predicted octanol–water partition coefficient (Wildman–Crippen LogP) is 0.837. The predicted molar refractivity (Wildman–Crippen MR) is 92.3 cm³/mol. The van der Waals surface area contributed by atoms with Gasteiger partial charge in [-0.2, -0.15) is 0 Å². The first-order chi connectivity index (χ1) is 11.6. The molecule has 3 N–H and O–H groups in total. The van der Waals surface area contributed by atoms with Crippen LogP contribution in [0.1, 0.15) is 18.4 Å². The Hall–Kier alpha value is -1.60. The molecule has 130 valence electrons. The van der Waals surface area contributed by atoms with Crippen molar-refractivity contribution in [3.63, 3.8) is 0 Å². The van der Waals surface area contributed by atoms with Crippen LogP contribution in [0.5, 0.6) is 0 Å². The average Bonchev–Trinajstić information content (AvgIpc) is 2.59. The van der Waals surface area contributed by atoms with Gasteiger partial charge in [-0.3, -0.25) is 9.59 Å². The number of halogens is 1. The van der Waals surface area contributed by atoms with Crippen LogP contribution in [-0.4, -0.2) is 48.0 Å². The van der Waals surface area contributed by atoms with E-state index in [2.05, 4.69) is 16.0 Å². The van der Waals surface area contributed by atoms with Crippen LogP contribution in [0, 0.1) is 5.82 Å². The summed E-state index contributed by atoms with van der Waals surface area (Å²) in [5.74, 6) is -0.0921. The summed E-state index contributed by atoms with van der Waals surface area (Å²) >= 11 is 1.42. The number of hydrogen-bond donors (Lipinski definition) is 3. The van der Waals surface area contributed by atoms with Crippen molar-refractivity contribution in [1.82, 2.24) is 16.0 Å². The fourth-order valence-corrected chi connectivity index (χ4v) is 4.20. The van der Waals surface area contributed by atoms with Crippen LogP contribution < -0.4 is 16.0 Å². The van der Waals surface area contributed by atoms with E-state index < -0.39 is 6.04 Å². The molecule has 0 spiro atoms. The molecule has 1 aromatic rings. The van der Waals surface area contributed by atoms with Gasteiger partial charge in [-0.1, -0.05) is 18.2 Å². The molecule has 0 aromatic heterocycles. The molecule has 24 heavy (non-hydrogen) atoms. The second-order valence-corrected chi connectivity index (χ2v) is 7.45. The number of amides is 2. The van der Waals surface area contributed by atoms with Crippen molar-refractivity contribution in [2.24, 2.45) is 0 Å². The van der Waals surface area contributed by atoms with Crippen LogP contribution in [-0.2, 0) is 16.0 Å². The summed E-state index contributed by atoms with van der Waals surface area (Å²) in [5.41, 5.74) is 0.530. The highest BCUT2D eigenvalue weighted by Crippen LogP contribution is 2.23. The second-order valence-electron chi connectivity index (χ2n) is 6.21. The Kier molecular flexibility index (Phi) is 5.73. The Bertz CT molecular complexity index is 607. The van der Waals surface area contributed by atoms with Crippen molar-refractivity contribution < 1.29 is 14.0 Å². The first-order valence-electron chi connectivity index (χ1n) is 8.30. The highest BCUT2D eigenvalue weighted by atomic mass is 32.2. The topological polar surface area (TPSA) is 70.2 Å². The normalized spacial score (nSPS) is 25.1. The van der Waals surface area contributed by atoms with Crippen molar-refractivity contribution in [3.05, 3.63) is 35.6 Å². The lowest BCUT2D eigenvalue weighted by Gasteiger charge is -2.30. The first-order valence-corrected chi connectivity index (χ1v) is 9.35. The third kappa shape index (κ3) is 4.27. The summed E-state index contributed by atoms with van der Waals surface area (Å²) in [7, 11) is 0. The van der Waals surface area contributed by atoms with E-state index >= 15 is 0 Å². The number of carbonyl (C=O) groups is 2. The fourth-order valence-electron chi connectivity index (χ4n) is 3.02. The van der Waals surface area contributed by atoms with Crippen molar-refractivity contribution >= 4 is 23.6 Å². The summed E-state index contributed by atoms with van der Waals surface area (Å²) in [6.07, 6.45) is 2.16. The van der Waals surface area contributed by atoms with Gasteiger partial charge in [0, 0.05) is 11.8 Å². The highest BCUT2D eigenvalue weighted by molar-refractivity contribution is 8.00. The molecule has 0 radical (unpaired) electrons. The number of carbonyl (C=O) groups excluding carboxylic acids is 2. The van der Waals surface area contributed by atoms with Crippen LogP contribution >= 0.6 is 11.8 Å². The van der Waals surface area contributed by atoms with Gasteiger partial charge in [0.25, 0.3) is 0 Å². The minimum Gasteiger partial charge on any atom is -0.351 e. The van der Waals surface area contributed by atoms with Crippen LogP contribution in [0.15, 0.2) is 24.3 Å². The number of hydrogen-bond acceptors (Lipinski definition) is 4. The molecule has 2 aliphatic heterocycles. The van der Waals surface area contributed by atoms with Crippen molar-refractivity contribution in [2.75, 3.05) is 18.8 Å². The van der Waals surface area contributed by atoms with Crippen molar-refractivity contribution in [3.8, 4) is 0 Å². The van der Waals surface area contributed by atoms with E-state index in [1.165, 1.54) is 17.8 Å². The molecule has 5 nitrogen and oxygen atoms in total. The van der Waals surface area contributed by atoms with Gasteiger partial charge in [0.15, 0.2) is 0 Å². The van der Waals surface area contributed by atoms with Gasteiger partial charge >= 0.3 is 0 Å². The molecular formula is C17H22FN3O2S. The van der Waals surface area contributed by atoms with E-state index in [9.17, 15) is 14.0 Å². The smallest absolute Gasteiger partial charge is 0.243 e. The van der Waals surface area contributed by atoms with Gasteiger partial charge in [-0.15, -0.1) is 11.8 Å². The molecule has 2 atom stereocenters. The molecule has 2 amide bonds. The molecule has 1 aromatic carbocycles. The van der Waals surface area contributed by atoms with Gasteiger partial charge in [0.2, 0.25) is 11.8 Å². The van der Waals surface area contributed by atoms with E-state index in [1.54, 1.807) is 18.2 Å². The van der Waals surface area contributed by atoms with Crippen molar-refractivity contribution in [1.29, 1.82) is 0 Å². The third-order valence-electron chi connectivity index (χ3n) is 4.44. The van der Waals surface area contributed by atoms with Gasteiger partial charge in [-0.05, 0) is 44.0 Å². The quantitative estimate of drug-likeness (QED) is 0.752. The lowest BCUT2D eigenvalue weighted by atomic mass is 10.1. The second kappa shape index (κ2) is 7.98. The Balaban J connectivity index is 1.52. The largest absolute Gasteiger partial charge is 0.351 e. The van der Waals surface area contributed by atoms with Gasteiger partial charge in [-0.25, -0.2) is 4.39 Å². The van der Waals surface area contributed by atoms with Gasteiger partial charge in [0.05, 0.1) is 5.25 Å². The van der Waals surface area contributed by atoms with Crippen LogP contribution in [0.25, 0.3) is 0 Å². The van der Waals surface area contributed by atoms with E-state index in [4.69, 9.17) is 0 Å². The minimum atomic E-state index is -0.505. The molecule has 2 aliphatic rings. The molecule has 2 saturated heterocycles. The monoisotopic (exact) mass is 351 g/mol. The maximum Gasteiger partial charge on any atom is 0.243 e. The summed E-state index contributed by atoms with van der Waals surface area (Å²) in [6, 6.07) is 6.16. The Morgan fingerprint density at radius 2 is 2.04 bits per heavy atom. The highest BCUT2D eigenvalue weighted by Gasteiger charge is 2.33. The number of benzene rings is 1. The van der Waals surface area contributed by atoms with Gasteiger partial charge < -0.3 is 16.0 Å². The summed E-state index contributed by atoms with van der Waals surface area (Å²) in [4.78, 5) is 24.6. The summed E-state index contributed by atoms with van der Waals surface area (Å²) < 4.78 is 13.7. The summed E-state index contributed by atoms with van der Waals surface area (Å²) in [6.45, 7) is 1.81. The molecule has 3 rings (SSSR count). The van der Waals surface area contributed by atoms with E-state index in [0.29, 0.717) is 17.7 Å². The number of rotatable bonds is 4. The maximum absolute atomic E-state index is 13.7. The first kappa shape index (κ1) is 17.2. The maximum atomic E-state index is 13.7. The Labute approximate surface area is 145 Å². The molecular weight excluding hydrogens is 329 g/mol. The standard InChI is InChI=1S/C17H22FN3O2S/c18-13-4-2-1-3-11(13)9-15-17(23)21-14(10-24-15)16(22)20-12-5-7-19-8-6-12/h1-4,12,14-15,19H,5-10H2,(H,20,22)(H,21,23). The molecule has 2 heterocycles. The Morgan fingerprint density at radius 1 is 1.29 bits per heavy atom. The molecule has 2 unspecified atom stereocenters. The van der Waals surface area contributed by atoms with E-state index in [0.717, 1.165) is 25.9 Å². The molecule has 0 bridgehead atoms. The molecule has 0 aliphatic carbocycles. The zero-order valence-corrected chi connectivity index (χ0v) is 14.2. The van der Waals surface area contributed by atoms with Crippen LogP contribution in [0.4, 0.5) is 4.39 Å². The van der Waals surface area contributed by atoms with E-state index in [-0.39, 0.29) is 28.9 Å². The molecule has 0 saturated carbocycles. The minimum absolute atomic E-state index is 0.118. The summed E-state index contributed by atoms with van der Waals surface area (Å²) in [5, 5.41) is 8.70. The fraction of sp³-hybridized carbons (Fsp3) is 0.529. The number of piperidine rings is 1. The zero-order valence-electron chi connectivity index (χ0n) is 13.4. The number of thioether (sulfide) groups is 1. The Morgan fingerprint density at radius 3 is 2.75 bits per heavy atom. The zero-order chi connectivity index (χ0) is 16.9. The molecule has 2 fully saturated rings. The van der Waals surface area contributed by atoms with Crippen LogP contribution in [0.3, 0.4) is 0 Å². The average molecular weight is 351 g/mol. The van der Waals surface area contributed by atoms with Crippen molar-refractivity contribution in [2.45, 2.75) is 36.6 Å². The van der Waals surface area contributed by atoms with Crippen LogP contribution in [0.2, 0.25) is 0 Å². The SMILES string of the molecule is O=C(NC1CCNCC1)C1CSC(Cc2ccccc2F)C(=O)N1. The molecule has 7 heteroatoms. The number of nitrogens with one attached hydrogen (secondary N) is 3. The third-order valence-corrected chi connectivity index (χ3v) is 5.75. The lowest BCUT2D eigenvalue weighted by molar-refractivity contribution is -0.129.